The summed E-state index contributed by atoms with van der Waals surface area (Å²) in [5, 5.41) is 14.2. The molecule has 0 radical (unpaired) electrons. The Morgan fingerprint density at radius 3 is 3.22 bits per heavy atom. The van der Waals surface area contributed by atoms with Gasteiger partial charge in [-0.25, -0.2) is 14.8 Å². The molecule has 0 saturated heterocycles. The van der Waals surface area contributed by atoms with E-state index in [0.29, 0.717) is 5.82 Å². The van der Waals surface area contributed by atoms with E-state index >= 15 is 0 Å². The number of hydrogen-bond donors (Lipinski definition) is 3. The Morgan fingerprint density at radius 2 is 2.39 bits per heavy atom. The van der Waals surface area contributed by atoms with E-state index in [-0.39, 0.29) is 0 Å². The normalized spacial score (nSPS) is 10.7. The number of anilines is 1. The Labute approximate surface area is 105 Å². The Bertz CT molecular complexity index is 718. The molecule has 0 aliphatic carbocycles. The van der Waals surface area contributed by atoms with Crippen LogP contribution in [-0.4, -0.2) is 26.2 Å². The van der Waals surface area contributed by atoms with Crippen LogP contribution in [0.15, 0.2) is 29.9 Å². The van der Waals surface area contributed by atoms with E-state index in [1.165, 1.54) is 11.3 Å². The summed E-state index contributed by atoms with van der Waals surface area (Å²) in [5.41, 5.74) is 1.71. The molecule has 0 atom stereocenters. The maximum atomic E-state index is 10.5. The molecule has 0 fully saturated rings. The zero-order valence-corrected chi connectivity index (χ0v) is 9.86. The number of amides is 1. The van der Waals surface area contributed by atoms with Crippen molar-refractivity contribution < 1.29 is 9.90 Å². The van der Waals surface area contributed by atoms with Crippen molar-refractivity contribution in [1.29, 1.82) is 0 Å². The first-order valence-corrected chi connectivity index (χ1v) is 6.00. The second-order valence-electron chi connectivity index (χ2n) is 3.57. The van der Waals surface area contributed by atoms with Crippen LogP contribution in [0, 0.1) is 0 Å². The summed E-state index contributed by atoms with van der Waals surface area (Å²) in [7, 11) is 0. The maximum Gasteiger partial charge on any atom is 0.410 e. The third-order valence-electron chi connectivity index (χ3n) is 2.42. The molecule has 90 valence electrons. The van der Waals surface area contributed by atoms with E-state index in [0.717, 1.165) is 21.6 Å². The zero-order chi connectivity index (χ0) is 12.5. The monoisotopic (exact) mass is 260 g/mol. The van der Waals surface area contributed by atoms with Crippen molar-refractivity contribution >= 4 is 34.3 Å². The summed E-state index contributed by atoms with van der Waals surface area (Å²) < 4.78 is 0. The number of rotatable bonds is 2. The van der Waals surface area contributed by atoms with Crippen molar-refractivity contribution in [3.63, 3.8) is 0 Å². The Kier molecular flexibility index (Phi) is 2.45. The van der Waals surface area contributed by atoms with E-state index in [2.05, 4.69) is 20.3 Å². The van der Waals surface area contributed by atoms with Crippen LogP contribution in [0.25, 0.3) is 21.6 Å². The van der Waals surface area contributed by atoms with Crippen molar-refractivity contribution in [3.05, 3.63) is 29.9 Å². The van der Waals surface area contributed by atoms with Gasteiger partial charge in [-0.1, -0.05) is 0 Å². The van der Waals surface area contributed by atoms with Crippen LogP contribution < -0.4 is 5.32 Å². The highest BCUT2D eigenvalue weighted by Crippen LogP contribution is 2.31. The van der Waals surface area contributed by atoms with E-state index in [4.69, 9.17) is 5.11 Å². The van der Waals surface area contributed by atoms with E-state index in [1.807, 2.05) is 18.3 Å². The number of hydrogen-bond acceptors (Lipinski definition) is 4. The van der Waals surface area contributed by atoms with Gasteiger partial charge in [-0.05, 0) is 12.1 Å². The average Bonchev–Trinajstić information content (AvgIpc) is 2.94. The number of nitrogens with zero attached hydrogens (tertiary/aromatic N) is 2. The summed E-state index contributed by atoms with van der Waals surface area (Å²) in [5.74, 6) is 0.334. The Balaban J connectivity index is 2.04. The van der Waals surface area contributed by atoms with Crippen molar-refractivity contribution in [2.45, 2.75) is 0 Å². The Morgan fingerprint density at radius 1 is 1.50 bits per heavy atom. The van der Waals surface area contributed by atoms with Gasteiger partial charge in [0.2, 0.25) is 0 Å². The van der Waals surface area contributed by atoms with Crippen molar-refractivity contribution in [2.75, 3.05) is 5.32 Å². The summed E-state index contributed by atoms with van der Waals surface area (Å²) in [6.45, 7) is 0. The number of aromatic nitrogens is 3. The van der Waals surface area contributed by atoms with Gasteiger partial charge in [0.15, 0.2) is 0 Å². The molecule has 0 saturated carbocycles. The molecule has 0 aliphatic heterocycles. The lowest BCUT2D eigenvalue weighted by Crippen LogP contribution is -2.07. The standard InChI is InChI=1S/C11H8N4O2S/c16-11(17)15-8-5-18-10(14-8)7-4-13-9-6(7)2-1-3-12-9/h1-5,15H,(H,12,13)(H,16,17). The van der Waals surface area contributed by atoms with Crippen LogP contribution in [0.2, 0.25) is 0 Å². The van der Waals surface area contributed by atoms with Crippen LogP contribution in [0.5, 0.6) is 0 Å². The van der Waals surface area contributed by atoms with E-state index < -0.39 is 6.09 Å². The van der Waals surface area contributed by atoms with Gasteiger partial charge in [0.05, 0.1) is 0 Å². The fourth-order valence-electron chi connectivity index (χ4n) is 1.70. The molecule has 3 rings (SSSR count). The molecule has 3 N–H and O–H groups in total. The average molecular weight is 260 g/mol. The minimum atomic E-state index is -1.12. The SMILES string of the molecule is O=C(O)Nc1csc(-c2c[nH]c3ncccc23)n1. The number of thiazole rings is 1. The zero-order valence-electron chi connectivity index (χ0n) is 9.04. The van der Waals surface area contributed by atoms with Crippen molar-refractivity contribution in [2.24, 2.45) is 0 Å². The highest BCUT2D eigenvalue weighted by molar-refractivity contribution is 7.13. The fourth-order valence-corrected chi connectivity index (χ4v) is 2.48. The first-order valence-electron chi connectivity index (χ1n) is 5.12. The summed E-state index contributed by atoms with van der Waals surface area (Å²) in [4.78, 5) is 22.0. The number of aromatic amines is 1. The molecule has 7 heteroatoms. The largest absolute Gasteiger partial charge is 0.465 e. The molecular weight excluding hydrogens is 252 g/mol. The lowest BCUT2D eigenvalue weighted by molar-refractivity contribution is 0.209. The lowest BCUT2D eigenvalue weighted by Gasteiger charge is -1.94. The first-order chi connectivity index (χ1) is 8.74. The molecule has 18 heavy (non-hydrogen) atoms. The van der Waals surface area contributed by atoms with Gasteiger partial charge in [-0.2, -0.15) is 0 Å². The van der Waals surface area contributed by atoms with Gasteiger partial charge >= 0.3 is 6.09 Å². The lowest BCUT2D eigenvalue weighted by atomic mass is 10.2. The Hall–Kier alpha value is -2.41. The smallest absolute Gasteiger partial charge is 0.410 e. The molecule has 3 aromatic heterocycles. The van der Waals surface area contributed by atoms with Crippen LogP contribution in [0.4, 0.5) is 10.6 Å². The van der Waals surface area contributed by atoms with Gasteiger partial charge in [-0.15, -0.1) is 11.3 Å². The number of pyridine rings is 1. The van der Waals surface area contributed by atoms with Crippen LogP contribution in [-0.2, 0) is 0 Å². The van der Waals surface area contributed by atoms with Gasteiger partial charge in [0, 0.05) is 28.7 Å². The fraction of sp³-hybridized carbons (Fsp3) is 0. The van der Waals surface area contributed by atoms with Gasteiger partial charge in [0.1, 0.15) is 16.5 Å². The summed E-state index contributed by atoms with van der Waals surface area (Å²) >= 11 is 1.38. The highest BCUT2D eigenvalue weighted by atomic mass is 32.1. The summed E-state index contributed by atoms with van der Waals surface area (Å²) in [6, 6.07) is 3.80. The quantitative estimate of drug-likeness (QED) is 0.660. The molecule has 0 unspecified atom stereocenters. The maximum absolute atomic E-state index is 10.5. The summed E-state index contributed by atoms with van der Waals surface area (Å²) in [6.07, 6.45) is 2.41. The van der Waals surface area contributed by atoms with E-state index in [9.17, 15) is 4.79 Å². The second kappa shape index (κ2) is 4.11. The predicted octanol–water partition coefficient (Wildman–Crippen LogP) is 2.78. The minimum absolute atomic E-state index is 0.334. The molecule has 0 spiro atoms. The number of H-pyrrole nitrogens is 1. The topological polar surface area (TPSA) is 90.9 Å². The minimum Gasteiger partial charge on any atom is -0.465 e. The van der Waals surface area contributed by atoms with Gasteiger partial charge in [0.25, 0.3) is 0 Å². The van der Waals surface area contributed by atoms with Crippen molar-refractivity contribution in [1.82, 2.24) is 15.0 Å². The van der Waals surface area contributed by atoms with Crippen LogP contribution in [0.3, 0.4) is 0 Å². The molecule has 0 aromatic carbocycles. The number of fused-ring (bicyclic) bond motifs is 1. The van der Waals surface area contributed by atoms with Gasteiger partial charge in [-0.3, -0.25) is 5.32 Å². The number of nitrogens with one attached hydrogen (secondary N) is 2. The second-order valence-corrected chi connectivity index (χ2v) is 4.43. The third kappa shape index (κ3) is 1.80. The van der Waals surface area contributed by atoms with E-state index in [1.54, 1.807) is 11.6 Å². The first kappa shape index (κ1) is 10.7. The number of carboxylic acid groups (broad SMARTS) is 1. The predicted molar refractivity (Wildman–Crippen MR) is 68.8 cm³/mol. The third-order valence-corrected chi connectivity index (χ3v) is 3.30. The van der Waals surface area contributed by atoms with Crippen LogP contribution in [0.1, 0.15) is 0 Å². The molecule has 1 amide bonds. The highest BCUT2D eigenvalue weighted by Gasteiger charge is 2.11. The molecule has 0 aliphatic rings. The van der Waals surface area contributed by atoms with Crippen molar-refractivity contribution in [3.8, 4) is 10.6 Å². The molecule has 6 nitrogen and oxygen atoms in total. The molecule has 3 heterocycles. The number of carbonyl (C=O) groups is 1. The molecular formula is C11H8N4O2S. The van der Waals surface area contributed by atoms with Gasteiger partial charge < -0.3 is 10.1 Å². The molecule has 3 aromatic rings. The van der Waals surface area contributed by atoms with Crippen LogP contribution >= 0.6 is 11.3 Å². The molecule has 0 bridgehead atoms.